The van der Waals surface area contributed by atoms with Gasteiger partial charge in [-0.25, -0.2) is 14.8 Å². The third-order valence-corrected chi connectivity index (χ3v) is 5.27. The molecular formula is C21H24N8O5. The van der Waals surface area contributed by atoms with Crippen molar-refractivity contribution in [1.29, 1.82) is 0 Å². The number of nitrogen functional groups attached to an aromatic ring is 2. The molecule has 0 fully saturated rings. The van der Waals surface area contributed by atoms with E-state index in [1.807, 2.05) is 18.9 Å². The van der Waals surface area contributed by atoms with E-state index in [1.54, 1.807) is 30.5 Å². The molecule has 2 heterocycles. The Balaban J connectivity index is 1.73. The third kappa shape index (κ3) is 5.43. The molecule has 0 aliphatic carbocycles. The Labute approximate surface area is 193 Å². The number of hydrogen-bond acceptors (Lipinski definition) is 10. The Morgan fingerprint density at radius 1 is 1.09 bits per heavy atom. The summed E-state index contributed by atoms with van der Waals surface area (Å²) in [6.07, 6.45) is 0.978. The van der Waals surface area contributed by atoms with E-state index in [9.17, 15) is 19.5 Å². The highest BCUT2D eigenvalue weighted by Crippen LogP contribution is 2.26. The summed E-state index contributed by atoms with van der Waals surface area (Å²) in [4.78, 5) is 53.0. The summed E-state index contributed by atoms with van der Waals surface area (Å²) >= 11 is 0. The molecule has 2 aromatic heterocycles. The molecule has 34 heavy (non-hydrogen) atoms. The predicted molar refractivity (Wildman–Crippen MR) is 123 cm³/mol. The van der Waals surface area contributed by atoms with Crippen LogP contribution < -0.4 is 21.7 Å². The highest BCUT2D eigenvalue weighted by Gasteiger charge is 2.22. The molecule has 13 heteroatoms. The van der Waals surface area contributed by atoms with Crippen molar-refractivity contribution >= 4 is 46.5 Å². The SMILES string of the molecule is CC(c1cnc2nc(N)nc(N)c2n1)N(C)c1ccc(C(=O)N[C@@H](CCC(=O)O)C(=O)O)cc1. The van der Waals surface area contributed by atoms with Crippen molar-refractivity contribution in [3.8, 4) is 0 Å². The molecule has 0 aliphatic heterocycles. The Morgan fingerprint density at radius 2 is 1.76 bits per heavy atom. The van der Waals surface area contributed by atoms with Gasteiger partial charge in [-0.15, -0.1) is 0 Å². The maximum absolute atomic E-state index is 12.4. The third-order valence-electron chi connectivity index (χ3n) is 5.27. The fourth-order valence-corrected chi connectivity index (χ4v) is 3.20. The average molecular weight is 468 g/mol. The van der Waals surface area contributed by atoms with Crippen LogP contribution in [0.25, 0.3) is 11.2 Å². The molecular weight excluding hydrogens is 444 g/mol. The van der Waals surface area contributed by atoms with Crippen LogP contribution in [0, 0.1) is 0 Å². The molecule has 3 aromatic rings. The minimum absolute atomic E-state index is 0.0119. The summed E-state index contributed by atoms with van der Waals surface area (Å²) in [6, 6.07) is 4.95. The van der Waals surface area contributed by atoms with Gasteiger partial charge in [0.1, 0.15) is 6.04 Å². The summed E-state index contributed by atoms with van der Waals surface area (Å²) in [7, 11) is 1.83. The summed E-state index contributed by atoms with van der Waals surface area (Å²) in [5.41, 5.74) is 13.7. The van der Waals surface area contributed by atoms with Crippen LogP contribution in [-0.4, -0.2) is 61.1 Å². The van der Waals surface area contributed by atoms with Crippen molar-refractivity contribution in [2.75, 3.05) is 23.4 Å². The molecule has 7 N–H and O–H groups in total. The van der Waals surface area contributed by atoms with Crippen LogP contribution in [0.3, 0.4) is 0 Å². The van der Waals surface area contributed by atoms with Gasteiger partial charge in [0.25, 0.3) is 5.91 Å². The number of carboxylic acids is 2. The molecule has 13 nitrogen and oxygen atoms in total. The summed E-state index contributed by atoms with van der Waals surface area (Å²) in [5.74, 6) is -2.92. The van der Waals surface area contributed by atoms with Gasteiger partial charge in [0.2, 0.25) is 5.95 Å². The Hall–Kier alpha value is -4.55. The van der Waals surface area contributed by atoms with Crippen molar-refractivity contribution < 1.29 is 24.6 Å². The number of aliphatic carboxylic acids is 2. The summed E-state index contributed by atoms with van der Waals surface area (Å²) < 4.78 is 0. The maximum Gasteiger partial charge on any atom is 0.326 e. The number of hydrogen-bond donors (Lipinski definition) is 5. The first-order valence-corrected chi connectivity index (χ1v) is 10.2. The van der Waals surface area contributed by atoms with Gasteiger partial charge in [-0.2, -0.15) is 9.97 Å². The number of aromatic nitrogens is 4. The van der Waals surface area contributed by atoms with E-state index in [4.69, 9.17) is 16.6 Å². The Bertz CT molecular complexity index is 1230. The van der Waals surface area contributed by atoms with E-state index in [0.717, 1.165) is 5.69 Å². The molecule has 1 amide bonds. The van der Waals surface area contributed by atoms with Crippen LogP contribution in [0.1, 0.15) is 41.9 Å². The van der Waals surface area contributed by atoms with Gasteiger partial charge in [-0.1, -0.05) is 0 Å². The maximum atomic E-state index is 12.4. The highest BCUT2D eigenvalue weighted by molar-refractivity contribution is 5.97. The number of nitrogens with two attached hydrogens (primary N) is 2. The monoisotopic (exact) mass is 468 g/mol. The quantitative estimate of drug-likeness (QED) is 0.295. The van der Waals surface area contributed by atoms with Crippen LogP contribution in [0.2, 0.25) is 0 Å². The molecule has 1 aromatic carbocycles. The first kappa shape index (κ1) is 24.1. The number of anilines is 3. The number of nitrogens with zero attached hydrogens (tertiary/aromatic N) is 5. The molecule has 178 valence electrons. The van der Waals surface area contributed by atoms with E-state index >= 15 is 0 Å². The zero-order chi connectivity index (χ0) is 25.0. The van der Waals surface area contributed by atoms with Crippen molar-refractivity contribution in [2.24, 2.45) is 0 Å². The molecule has 2 atom stereocenters. The van der Waals surface area contributed by atoms with E-state index in [-0.39, 0.29) is 36.2 Å². The predicted octanol–water partition coefficient (Wildman–Crippen LogP) is 0.829. The lowest BCUT2D eigenvalue weighted by Gasteiger charge is -2.26. The molecule has 1 unspecified atom stereocenters. The number of fused-ring (bicyclic) bond motifs is 1. The van der Waals surface area contributed by atoms with Crippen molar-refractivity contribution in [3.05, 3.63) is 41.7 Å². The van der Waals surface area contributed by atoms with E-state index in [2.05, 4.69) is 25.3 Å². The van der Waals surface area contributed by atoms with Crippen LogP contribution in [0.4, 0.5) is 17.5 Å². The second-order valence-corrected chi connectivity index (χ2v) is 7.56. The number of carbonyl (C=O) groups excluding carboxylic acids is 1. The minimum Gasteiger partial charge on any atom is -0.481 e. The van der Waals surface area contributed by atoms with Gasteiger partial charge in [0, 0.05) is 24.7 Å². The lowest BCUT2D eigenvalue weighted by atomic mass is 10.1. The number of nitrogens with one attached hydrogen (secondary N) is 1. The highest BCUT2D eigenvalue weighted by atomic mass is 16.4. The molecule has 0 spiro atoms. The smallest absolute Gasteiger partial charge is 0.326 e. The topological polar surface area (TPSA) is 211 Å². The molecule has 3 rings (SSSR count). The van der Waals surface area contributed by atoms with Crippen LogP contribution in [0.15, 0.2) is 30.5 Å². The molecule has 0 saturated heterocycles. The largest absolute Gasteiger partial charge is 0.481 e. The number of amides is 1. The minimum atomic E-state index is -1.30. The fraction of sp³-hybridized carbons (Fsp3) is 0.286. The van der Waals surface area contributed by atoms with Crippen molar-refractivity contribution in [3.63, 3.8) is 0 Å². The number of rotatable bonds is 9. The average Bonchev–Trinajstić information content (AvgIpc) is 2.80. The van der Waals surface area contributed by atoms with Gasteiger partial charge < -0.3 is 31.9 Å². The lowest BCUT2D eigenvalue weighted by molar-refractivity contribution is -0.140. The van der Waals surface area contributed by atoms with Gasteiger partial charge in [0.05, 0.1) is 17.9 Å². The second kappa shape index (κ2) is 9.94. The molecule has 0 radical (unpaired) electrons. The van der Waals surface area contributed by atoms with Crippen LogP contribution >= 0.6 is 0 Å². The normalized spacial score (nSPS) is 12.6. The second-order valence-electron chi connectivity index (χ2n) is 7.56. The fourth-order valence-electron chi connectivity index (χ4n) is 3.20. The van der Waals surface area contributed by atoms with E-state index in [0.29, 0.717) is 16.9 Å². The van der Waals surface area contributed by atoms with E-state index in [1.165, 1.54) is 0 Å². The number of carbonyl (C=O) groups is 3. The standard InChI is InChI=1S/C21H24N8O5/c1-10(14-9-24-18-16(25-14)17(22)27-21(23)28-18)29(2)12-5-3-11(4-6-12)19(32)26-13(20(33)34)7-8-15(30)31/h3-6,9-10,13H,7-8H2,1-2H3,(H,26,32)(H,30,31)(H,33,34)(H4,22,23,24,27,28)/t10?,13-/m0/s1. The molecule has 0 aliphatic rings. The summed E-state index contributed by atoms with van der Waals surface area (Å²) in [6.45, 7) is 1.91. The zero-order valence-electron chi connectivity index (χ0n) is 18.5. The lowest BCUT2D eigenvalue weighted by Crippen LogP contribution is -2.41. The van der Waals surface area contributed by atoms with Gasteiger partial charge in [-0.3, -0.25) is 9.59 Å². The molecule has 0 saturated carbocycles. The summed E-state index contributed by atoms with van der Waals surface area (Å²) in [5, 5.41) is 20.3. The van der Waals surface area contributed by atoms with Gasteiger partial charge in [-0.05, 0) is 37.6 Å². The zero-order valence-corrected chi connectivity index (χ0v) is 18.5. The number of carboxylic acid groups (broad SMARTS) is 2. The van der Waals surface area contributed by atoms with Crippen molar-refractivity contribution in [2.45, 2.75) is 31.8 Å². The van der Waals surface area contributed by atoms with Crippen molar-refractivity contribution in [1.82, 2.24) is 25.3 Å². The first-order chi connectivity index (χ1) is 16.1. The Morgan fingerprint density at radius 3 is 2.38 bits per heavy atom. The van der Waals surface area contributed by atoms with Crippen LogP contribution in [-0.2, 0) is 9.59 Å². The Kier molecular flexibility index (Phi) is 7.04. The van der Waals surface area contributed by atoms with Gasteiger partial charge >= 0.3 is 11.9 Å². The first-order valence-electron chi connectivity index (χ1n) is 10.2. The van der Waals surface area contributed by atoms with Crippen LogP contribution in [0.5, 0.6) is 0 Å². The number of benzene rings is 1. The molecule has 0 bridgehead atoms. The van der Waals surface area contributed by atoms with E-state index < -0.39 is 23.9 Å². The van der Waals surface area contributed by atoms with Gasteiger partial charge in [0.15, 0.2) is 17.0 Å².